The molecule has 78 valence electrons. The Morgan fingerprint density at radius 1 is 1.29 bits per heavy atom. The summed E-state index contributed by atoms with van der Waals surface area (Å²) in [5.74, 6) is 0.720. The van der Waals surface area contributed by atoms with Gasteiger partial charge in [-0.1, -0.05) is 24.3 Å². The van der Waals surface area contributed by atoms with Crippen molar-refractivity contribution in [3.8, 4) is 0 Å². The molecule has 1 heterocycles. The van der Waals surface area contributed by atoms with E-state index in [2.05, 4.69) is 41.4 Å². The highest BCUT2D eigenvalue weighted by atomic mass is 15.2. The monoisotopic (exact) mass is 192 g/mol. The van der Waals surface area contributed by atoms with Crippen LogP contribution in [0.2, 0.25) is 0 Å². The maximum atomic E-state index is 3.40. The molecule has 1 N–H and O–H groups in total. The van der Waals surface area contributed by atoms with Crippen molar-refractivity contribution in [1.29, 1.82) is 0 Å². The normalized spacial score (nSPS) is 30.5. The van der Waals surface area contributed by atoms with Crippen LogP contribution >= 0.6 is 0 Å². The standard InChI is InChI=1S/C12H20N2/c1-11(12-5-3-2-4-6-12)14-9-7-13-8-10-14/h2-5,11-13H,6-10H2,1H3. The molecule has 1 aliphatic heterocycles. The zero-order valence-electron chi connectivity index (χ0n) is 8.95. The van der Waals surface area contributed by atoms with Gasteiger partial charge in [-0.3, -0.25) is 4.90 Å². The lowest BCUT2D eigenvalue weighted by Crippen LogP contribution is -2.49. The van der Waals surface area contributed by atoms with Crippen molar-refractivity contribution >= 4 is 0 Å². The molecule has 1 saturated heterocycles. The van der Waals surface area contributed by atoms with E-state index in [1.54, 1.807) is 0 Å². The van der Waals surface area contributed by atoms with E-state index < -0.39 is 0 Å². The van der Waals surface area contributed by atoms with Gasteiger partial charge in [-0.15, -0.1) is 0 Å². The topological polar surface area (TPSA) is 15.3 Å². The predicted octanol–water partition coefficient (Wildman–Crippen LogP) is 1.41. The highest BCUT2D eigenvalue weighted by Crippen LogP contribution is 2.20. The van der Waals surface area contributed by atoms with Crippen molar-refractivity contribution in [1.82, 2.24) is 10.2 Å². The van der Waals surface area contributed by atoms with E-state index in [0.29, 0.717) is 6.04 Å². The summed E-state index contributed by atoms with van der Waals surface area (Å²) in [6.45, 7) is 7.07. The van der Waals surface area contributed by atoms with Gasteiger partial charge in [-0.2, -0.15) is 0 Å². The van der Waals surface area contributed by atoms with E-state index in [1.165, 1.54) is 19.5 Å². The van der Waals surface area contributed by atoms with Crippen LogP contribution in [0.15, 0.2) is 24.3 Å². The van der Waals surface area contributed by atoms with Crippen LogP contribution in [0.4, 0.5) is 0 Å². The van der Waals surface area contributed by atoms with Gasteiger partial charge in [0.25, 0.3) is 0 Å². The molecule has 0 amide bonds. The van der Waals surface area contributed by atoms with Crippen molar-refractivity contribution in [2.24, 2.45) is 5.92 Å². The summed E-state index contributed by atoms with van der Waals surface area (Å²) in [5, 5.41) is 3.40. The molecule has 1 fully saturated rings. The minimum atomic E-state index is 0.693. The summed E-state index contributed by atoms with van der Waals surface area (Å²) in [5.41, 5.74) is 0. The van der Waals surface area contributed by atoms with Gasteiger partial charge < -0.3 is 5.32 Å². The van der Waals surface area contributed by atoms with Crippen LogP contribution in [-0.4, -0.2) is 37.1 Å². The fraction of sp³-hybridized carbons (Fsp3) is 0.667. The Hall–Kier alpha value is -0.600. The summed E-state index contributed by atoms with van der Waals surface area (Å²) in [7, 11) is 0. The van der Waals surface area contributed by atoms with Gasteiger partial charge in [0.2, 0.25) is 0 Å². The van der Waals surface area contributed by atoms with Crippen LogP contribution in [0.1, 0.15) is 13.3 Å². The van der Waals surface area contributed by atoms with Gasteiger partial charge in [-0.25, -0.2) is 0 Å². The number of nitrogens with one attached hydrogen (secondary N) is 1. The maximum absolute atomic E-state index is 3.40. The van der Waals surface area contributed by atoms with Crippen LogP contribution < -0.4 is 5.32 Å². The number of hydrogen-bond acceptors (Lipinski definition) is 2. The molecule has 0 aromatic heterocycles. The Balaban J connectivity index is 1.89. The van der Waals surface area contributed by atoms with E-state index in [-0.39, 0.29) is 0 Å². The minimum Gasteiger partial charge on any atom is -0.314 e. The Morgan fingerprint density at radius 3 is 2.71 bits per heavy atom. The molecular weight excluding hydrogens is 172 g/mol. The minimum absolute atomic E-state index is 0.693. The lowest BCUT2D eigenvalue weighted by molar-refractivity contribution is 0.153. The Kier molecular flexibility index (Phi) is 3.38. The number of hydrogen-bond donors (Lipinski definition) is 1. The van der Waals surface area contributed by atoms with E-state index >= 15 is 0 Å². The molecule has 0 aromatic carbocycles. The second-order valence-electron chi connectivity index (χ2n) is 4.24. The van der Waals surface area contributed by atoms with Crippen molar-refractivity contribution in [3.05, 3.63) is 24.3 Å². The molecule has 2 aliphatic rings. The summed E-state index contributed by atoms with van der Waals surface area (Å²) >= 11 is 0. The van der Waals surface area contributed by atoms with Crippen LogP contribution in [0.3, 0.4) is 0 Å². The highest BCUT2D eigenvalue weighted by Gasteiger charge is 2.22. The van der Waals surface area contributed by atoms with Crippen LogP contribution in [0.25, 0.3) is 0 Å². The third-order valence-corrected chi connectivity index (χ3v) is 3.36. The largest absolute Gasteiger partial charge is 0.314 e. The number of rotatable bonds is 2. The molecule has 1 aliphatic carbocycles. The average Bonchev–Trinajstić information content (AvgIpc) is 2.30. The molecule has 0 saturated carbocycles. The Morgan fingerprint density at radius 2 is 2.07 bits per heavy atom. The summed E-state index contributed by atoms with van der Waals surface area (Å²) < 4.78 is 0. The van der Waals surface area contributed by atoms with Crippen molar-refractivity contribution in [2.75, 3.05) is 26.2 Å². The molecule has 0 aromatic rings. The second kappa shape index (κ2) is 4.76. The average molecular weight is 192 g/mol. The van der Waals surface area contributed by atoms with Crippen LogP contribution in [0, 0.1) is 5.92 Å². The van der Waals surface area contributed by atoms with Crippen molar-refractivity contribution < 1.29 is 0 Å². The van der Waals surface area contributed by atoms with Gasteiger partial charge >= 0.3 is 0 Å². The zero-order chi connectivity index (χ0) is 9.80. The fourth-order valence-corrected chi connectivity index (χ4v) is 2.32. The van der Waals surface area contributed by atoms with Gasteiger partial charge in [0.15, 0.2) is 0 Å². The molecule has 2 heteroatoms. The van der Waals surface area contributed by atoms with Crippen molar-refractivity contribution in [2.45, 2.75) is 19.4 Å². The van der Waals surface area contributed by atoms with Gasteiger partial charge in [0.05, 0.1) is 0 Å². The summed E-state index contributed by atoms with van der Waals surface area (Å²) in [6.07, 6.45) is 10.2. The molecule has 0 spiro atoms. The van der Waals surface area contributed by atoms with E-state index in [4.69, 9.17) is 0 Å². The predicted molar refractivity (Wildman–Crippen MR) is 60.3 cm³/mol. The second-order valence-corrected chi connectivity index (χ2v) is 4.24. The van der Waals surface area contributed by atoms with E-state index in [9.17, 15) is 0 Å². The first-order chi connectivity index (χ1) is 6.88. The smallest absolute Gasteiger partial charge is 0.0134 e. The first-order valence-corrected chi connectivity index (χ1v) is 5.66. The first-order valence-electron chi connectivity index (χ1n) is 5.66. The molecule has 2 atom stereocenters. The van der Waals surface area contributed by atoms with Crippen LogP contribution in [-0.2, 0) is 0 Å². The Bertz CT molecular complexity index is 226. The zero-order valence-corrected chi connectivity index (χ0v) is 8.95. The summed E-state index contributed by atoms with van der Waals surface area (Å²) in [4.78, 5) is 2.60. The first kappa shape index (κ1) is 9.94. The molecule has 14 heavy (non-hydrogen) atoms. The van der Waals surface area contributed by atoms with E-state index in [0.717, 1.165) is 19.0 Å². The third-order valence-electron chi connectivity index (χ3n) is 3.36. The van der Waals surface area contributed by atoms with Gasteiger partial charge in [0.1, 0.15) is 0 Å². The van der Waals surface area contributed by atoms with Crippen LogP contribution in [0.5, 0.6) is 0 Å². The quantitative estimate of drug-likeness (QED) is 0.711. The lowest BCUT2D eigenvalue weighted by atomic mass is 9.92. The number of allylic oxidation sites excluding steroid dienone is 3. The van der Waals surface area contributed by atoms with Crippen molar-refractivity contribution in [3.63, 3.8) is 0 Å². The SMILES string of the molecule is CC(C1C=CC=CC1)N1CCNCC1. The van der Waals surface area contributed by atoms with Gasteiger partial charge in [0, 0.05) is 32.2 Å². The number of nitrogens with zero attached hydrogens (tertiary/aromatic N) is 1. The summed E-state index contributed by atoms with van der Waals surface area (Å²) in [6, 6.07) is 0.693. The molecule has 2 unspecified atom stereocenters. The highest BCUT2D eigenvalue weighted by molar-refractivity contribution is 5.12. The maximum Gasteiger partial charge on any atom is 0.0134 e. The molecule has 0 radical (unpaired) electrons. The molecule has 2 rings (SSSR count). The Labute approximate surface area is 86.7 Å². The fourth-order valence-electron chi connectivity index (χ4n) is 2.32. The molecule has 0 bridgehead atoms. The molecular formula is C12H20N2. The van der Waals surface area contributed by atoms with Gasteiger partial charge in [-0.05, 0) is 19.3 Å². The third kappa shape index (κ3) is 2.25. The lowest BCUT2D eigenvalue weighted by Gasteiger charge is -2.36. The number of piperazine rings is 1. The molecule has 2 nitrogen and oxygen atoms in total. The van der Waals surface area contributed by atoms with E-state index in [1.807, 2.05) is 0 Å².